The average Bonchev–Trinajstić information content (AvgIpc) is 2.80. The van der Waals surface area contributed by atoms with Crippen LogP contribution >= 0.6 is 0 Å². The fourth-order valence-electron chi connectivity index (χ4n) is 1.92. The van der Waals surface area contributed by atoms with Gasteiger partial charge in [0, 0.05) is 11.6 Å². The van der Waals surface area contributed by atoms with E-state index in [-0.39, 0.29) is 5.82 Å². The minimum absolute atomic E-state index is 0.338. The highest BCUT2D eigenvalue weighted by Gasteiger charge is 2.10. The maximum Gasteiger partial charge on any atom is 0.229 e. The van der Waals surface area contributed by atoms with Gasteiger partial charge in [-0.05, 0) is 36.4 Å². The standard InChI is InChI=1S/C14H11FN2O3S/c1-21(18,19)17-11-6-7-12-13(8-11)20-14(16-12)9-2-4-10(15)5-3-9/h2-8,17H,1H3. The summed E-state index contributed by atoms with van der Waals surface area (Å²) in [6, 6.07) is 10.6. The molecule has 0 aliphatic rings. The monoisotopic (exact) mass is 306 g/mol. The lowest BCUT2D eigenvalue weighted by Gasteiger charge is -2.01. The molecule has 5 nitrogen and oxygen atoms in total. The van der Waals surface area contributed by atoms with Crippen molar-refractivity contribution in [2.45, 2.75) is 0 Å². The van der Waals surface area contributed by atoms with Crippen molar-refractivity contribution in [3.8, 4) is 11.5 Å². The van der Waals surface area contributed by atoms with Gasteiger partial charge in [-0.1, -0.05) is 0 Å². The number of oxazole rings is 1. The number of fused-ring (bicyclic) bond motifs is 1. The second-order valence-electron chi connectivity index (χ2n) is 4.58. The Morgan fingerprint density at radius 3 is 2.52 bits per heavy atom. The highest BCUT2D eigenvalue weighted by atomic mass is 32.2. The number of halogens is 1. The maximum atomic E-state index is 12.9. The van der Waals surface area contributed by atoms with Crippen LogP contribution in [0.5, 0.6) is 0 Å². The fraction of sp³-hybridized carbons (Fsp3) is 0.0714. The normalized spacial score (nSPS) is 11.7. The molecule has 7 heteroatoms. The van der Waals surface area contributed by atoms with E-state index in [1.54, 1.807) is 30.3 Å². The molecule has 0 bridgehead atoms. The van der Waals surface area contributed by atoms with Crippen LogP contribution < -0.4 is 4.72 Å². The van der Waals surface area contributed by atoms with Crippen LogP contribution in [-0.2, 0) is 10.0 Å². The number of benzene rings is 2. The minimum atomic E-state index is -3.35. The quantitative estimate of drug-likeness (QED) is 0.807. The molecular formula is C14H11FN2O3S. The first-order chi connectivity index (χ1) is 9.90. The first-order valence-corrected chi connectivity index (χ1v) is 7.94. The van der Waals surface area contributed by atoms with Crippen LogP contribution in [0, 0.1) is 5.82 Å². The lowest BCUT2D eigenvalue weighted by molar-refractivity contribution is 0.607. The molecule has 0 aliphatic heterocycles. The zero-order valence-electron chi connectivity index (χ0n) is 11.0. The van der Waals surface area contributed by atoms with Gasteiger partial charge in [-0.2, -0.15) is 0 Å². The van der Waals surface area contributed by atoms with Gasteiger partial charge in [0.2, 0.25) is 15.9 Å². The summed E-state index contributed by atoms with van der Waals surface area (Å²) in [7, 11) is -3.35. The van der Waals surface area contributed by atoms with E-state index in [0.717, 1.165) is 6.26 Å². The molecule has 1 heterocycles. The van der Waals surface area contributed by atoms with Crippen LogP contribution in [-0.4, -0.2) is 19.7 Å². The number of hydrogen-bond acceptors (Lipinski definition) is 4. The summed E-state index contributed by atoms with van der Waals surface area (Å²) in [4.78, 5) is 4.28. The van der Waals surface area contributed by atoms with Crippen molar-refractivity contribution in [1.29, 1.82) is 0 Å². The molecule has 0 saturated carbocycles. The van der Waals surface area contributed by atoms with E-state index in [1.807, 2.05) is 0 Å². The molecule has 0 unspecified atom stereocenters. The smallest absolute Gasteiger partial charge is 0.229 e. The molecule has 0 spiro atoms. The highest BCUT2D eigenvalue weighted by molar-refractivity contribution is 7.92. The molecule has 3 aromatic rings. The third kappa shape index (κ3) is 3.03. The van der Waals surface area contributed by atoms with Crippen molar-refractivity contribution in [1.82, 2.24) is 4.98 Å². The topological polar surface area (TPSA) is 72.2 Å². The Bertz CT molecular complexity index is 902. The van der Waals surface area contributed by atoms with Crippen molar-refractivity contribution in [2.75, 3.05) is 11.0 Å². The Hall–Kier alpha value is -2.41. The SMILES string of the molecule is CS(=O)(=O)Nc1ccc2nc(-c3ccc(F)cc3)oc2c1. The zero-order chi connectivity index (χ0) is 15.0. The van der Waals surface area contributed by atoms with Crippen LogP contribution in [0.15, 0.2) is 46.9 Å². The molecule has 0 amide bonds. The number of aromatic nitrogens is 1. The van der Waals surface area contributed by atoms with E-state index in [4.69, 9.17) is 4.42 Å². The van der Waals surface area contributed by atoms with E-state index >= 15 is 0 Å². The number of hydrogen-bond donors (Lipinski definition) is 1. The van der Waals surface area contributed by atoms with Crippen LogP contribution in [0.25, 0.3) is 22.6 Å². The van der Waals surface area contributed by atoms with Crippen LogP contribution in [0.4, 0.5) is 10.1 Å². The van der Waals surface area contributed by atoms with Crippen molar-refractivity contribution < 1.29 is 17.2 Å². The second-order valence-corrected chi connectivity index (χ2v) is 6.33. The second kappa shape index (κ2) is 4.85. The Morgan fingerprint density at radius 1 is 1.14 bits per heavy atom. The molecule has 0 fully saturated rings. The van der Waals surface area contributed by atoms with Crippen LogP contribution in [0.2, 0.25) is 0 Å². The van der Waals surface area contributed by atoms with Crippen LogP contribution in [0.1, 0.15) is 0 Å². The van der Waals surface area contributed by atoms with E-state index < -0.39 is 10.0 Å². The van der Waals surface area contributed by atoms with E-state index in [1.165, 1.54) is 12.1 Å². The highest BCUT2D eigenvalue weighted by Crippen LogP contribution is 2.26. The first kappa shape index (κ1) is 13.6. The number of rotatable bonds is 3. The van der Waals surface area contributed by atoms with Crippen molar-refractivity contribution in [3.63, 3.8) is 0 Å². The number of sulfonamides is 1. The Balaban J connectivity index is 2.02. The van der Waals surface area contributed by atoms with E-state index in [9.17, 15) is 12.8 Å². The Morgan fingerprint density at radius 2 is 1.86 bits per heavy atom. The van der Waals surface area contributed by atoms with Gasteiger partial charge in [-0.25, -0.2) is 17.8 Å². The van der Waals surface area contributed by atoms with E-state index in [0.29, 0.717) is 28.2 Å². The van der Waals surface area contributed by atoms with Gasteiger partial charge in [0.25, 0.3) is 0 Å². The molecule has 21 heavy (non-hydrogen) atoms. The van der Waals surface area contributed by atoms with Gasteiger partial charge < -0.3 is 4.42 Å². The molecule has 1 N–H and O–H groups in total. The van der Waals surface area contributed by atoms with Crippen molar-refractivity contribution in [3.05, 3.63) is 48.3 Å². The largest absolute Gasteiger partial charge is 0.436 e. The Kier molecular flexibility index (Phi) is 3.13. The molecule has 0 saturated heterocycles. The molecule has 1 aromatic heterocycles. The summed E-state index contributed by atoms with van der Waals surface area (Å²) in [5.41, 5.74) is 2.08. The predicted octanol–water partition coefficient (Wildman–Crippen LogP) is 3.01. The maximum absolute atomic E-state index is 12.9. The molecule has 3 rings (SSSR count). The van der Waals surface area contributed by atoms with Gasteiger partial charge in [0.1, 0.15) is 11.3 Å². The summed E-state index contributed by atoms with van der Waals surface area (Å²) in [5, 5.41) is 0. The summed E-state index contributed by atoms with van der Waals surface area (Å²) in [5.74, 6) is 0.0102. The first-order valence-electron chi connectivity index (χ1n) is 6.05. The van der Waals surface area contributed by atoms with Gasteiger partial charge in [-0.3, -0.25) is 4.72 Å². The zero-order valence-corrected chi connectivity index (χ0v) is 11.8. The molecule has 108 valence electrons. The van der Waals surface area contributed by atoms with Gasteiger partial charge >= 0.3 is 0 Å². The molecule has 0 atom stereocenters. The third-order valence-electron chi connectivity index (χ3n) is 2.78. The predicted molar refractivity (Wildman–Crippen MR) is 77.9 cm³/mol. The average molecular weight is 306 g/mol. The summed E-state index contributed by atoms with van der Waals surface area (Å²) >= 11 is 0. The Labute approximate surface area is 120 Å². The van der Waals surface area contributed by atoms with Gasteiger partial charge in [0.05, 0.1) is 11.9 Å². The molecule has 0 aliphatic carbocycles. The van der Waals surface area contributed by atoms with Gasteiger partial charge in [0.15, 0.2) is 5.58 Å². The molecule has 0 radical (unpaired) electrons. The van der Waals surface area contributed by atoms with Crippen molar-refractivity contribution in [2.24, 2.45) is 0 Å². The van der Waals surface area contributed by atoms with E-state index in [2.05, 4.69) is 9.71 Å². The number of nitrogens with zero attached hydrogens (tertiary/aromatic N) is 1. The lowest BCUT2D eigenvalue weighted by atomic mass is 10.2. The number of nitrogens with one attached hydrogen (secondary N) is 1. The third-order valence-corrected chi connectivity index (χ3v) is 3.39. The molecular weight excluding hydrogens is 295 g/mol. The molecule has 2 aromatic carbocycles. The van der Waals surface area contributed by atoms with Gasteiger partial charge in [-0.15, -0.1) is 0 Å². The van der Waals surface area contributed by atoms with Crippen molar-refractivity contribution >= 4 is 26.8 Å². The lowest BCUT2D eigenvalue weighted by Crippen LogP contribution is -2.09. The summed E-state index contributed by atoms with van der Waals surface area (Å²) in [6.07, 6.45) is 1.07. The van der Waals surface area contributed by atoms with Crippen LogP contribution in [0.3, 0.4) is 0 Å². The number of anilines is 1. The fourth-order valence-corrected chi connectivity index (χ4v) is 2.47. The summed E-state index contributed by atoms with van der Waals surface area (Å²) < 4.78 is 43.3. The minimum Gasteiger partial charge on any atom is -0.436 e. The summed E-state index contributed by atoms with van der Waals surface area (Å²) in [6.45, 7) is 0.